The Labute approximate surface area is 116 Å². The van der Waals surface area contributed by atoms with Crippen molar-refractivity contribution in [2.45, 2.75) is 46.1 Å². The summed E-state index contributed by atoms with van der Waals surface area (Å²) < 4.78 is 6.00. The average molecular weight is 259 g/mol. The van der Waals surface area contributed by atoms with Crippen LogP contribution in [0.5, 0.6) is 0 Å². The van der Waals surface area contributed by atoms with Crippen LogP contribution in [0.15, 0.2) is 34.7 Å². The standard InChI is InChI=1S/C17H25NO/c1-4-11-18-15(10-9-13(2)3)17-12-14-7-5-6-8-16(14)19-17/h5-8,12-13,15,18H,4,9-11H2,1-3H3. The molecule has 0 bridgehead atoms. The van der Waals surface area contributed by atoms with Gasteiger partial charge in [0.2, 0.25) is 0 Å². The second-order valence-electron chi connectivity index (χ2n) is 5.66. The Kier molecular flexibility index (Phi) is 5.03. The molecule has 0 amide bonds. The van der Waals surface area contributed by atoms with Gasteiger partial charge in [-0.25, -0.2) is 0 Å². The van der Waals surface area contributed by atoms with Crippen LogP contribution in [0.4, 0.5) is 0 Å². The van der Waals surface area contributed by atoms with E-state index in [9.17, 15) is 0 Å². The van der Waals surface area contributed by atoms with E-state index < -0.39 is 0 Å². The van der Waals surface area contributed by atoms with Crippen LogP contribution >= 0.6 is 0 Å². The summed E-state index contributed by atoms with van der Waals surface area (Å²) in [6, 6.07) is 10.8. The van der Waals surface area contributed by atoms with E-state index in [4.69, 9.17) is 4.42 Å². The first-order chi connectivity index (χ1) is 9.20. The molecule has 0 fully saturated rings. The van der Waals surface area contributed by atoms with Gasteiger partial charge in [-0.1, -0.05) is 39.0 Å². The molecule has 104 valence electrons. The molecule has 2 aromatic rings. The second kappa shape index (κ2) is 6.76. The van der Waals surface area contributed by atoms with Crippen molar-refractivity contribution in [2.24, 2.45) is 5.92 Å². The highest BCUT2D eigenvalue weighted by Crippen LogP contribution is 2.27. The van der Waals surface area contributed by atoms with Gasteiger partial charge in [0.1, 0.15) is 11.3 Å². The summed E-state index contributed by atoms with van der Waals surface area (Å²) in [6.45, 7) is 7.79. The van der Waals surface area contributed by atoms with Gasteiger partial charge in [-0.05, 0) is 43.9 Å². The first kappa shape index (κ1) is 14.1. The van der Waals surface area contributed by atoms with Crippen LogP contribution in [0.25, 0.3) is 11.0 Å². The third-order valence-corrected chi connectivity index (χ3v) is 3.46. The van der Waals surface area contributed by atoms with E-state index in [1.165, 1.54) is 11.8 Å². The van der Waals surface area contributed by atoms with Crippen LogP contribution in [0, 0.1) is 5.92 Å². The summed E-state index contributed by atoms with van der Waals surface area (Å²) in [5.74, 6) is 1.81. The van der Waals surface area contributed by atoms with Gasteiger partial charge >= 0.3 is 0 Å². The normalized spacial score (nSPS) is 13.3. The second-order valence-corrected chi connectivity index (χ2v) is 5.66. The van der Waals surface area contributed by atoms with Crippen molar-refractivity contribution in [3.63, 3.8) is 0 Å². The molecule has 1 aromatic heterocycles. The SMILES string of the molecule is CCCNC(CCC(C)C)c1cc2ccccc2o1. The topological polar surface area (TPSA) is 25.2 Å². The van der Waals surface area contributed by atoms with Crippen LogP contribution in [0.3, 0.4) is 0 Å². The third kappa shape index (κ3) is 3.84. The molecule has 1 unspecified atom stereocenters. The van der Waals surface area contributed by atoms with Crippen LogP contribution in [-0.2, 0) is 0 Å². The van der Waals surface area contributed by atoms with Gasteiger partial charge in [0.15, 0.2) is 0 Å². The minimum absolute atomic E-state index is 0.342. The van der Waals surface area contributed by atoms with Crippen molar-refractivity contribution in [2.75, 3.05) is 6.54 Å². The van der Waals surface area contributed by atoms with Crippen molar-refractivity contribution < 1.29 is 4.42 Å². The van der Waals surface area contributed by atoms with Crippen molar-refractivity contribution in [3.8, 4) is 0 Å². The van der Waals surface area contributed by atoms with E-state index in [-0.39, 0.29) is 0 Å². The highest BCUT2D eigenvalue weighted by molar-refractivity contribution is 5.77. The molecule has 2 nitrogen and oxygen atoms in total. The maximum atomic E-state index is 6.00. The lowest BCUT2D eigenvalue weighted by Crippen LogP contribution is -2.22. The molecule has 1 atom stereocenters. The predicted molar refractivity (Wildman–Crippen MR) is 81.3 cm³/mol. The average Bonchev–Trinajstić information content (AvgIpc) is 2.82. The van der Waals surface area contributed by atoms with E-state index in [1.807, 2.05) is 12.1 Å². The van der Waals surface area contributed by atoms with Crippen LogP contribution in [0.1, 0.15) is 51.8 Å². The van der Waals surface area contributed by atoms with Gasteiger partial charge in [0, 0.05) is 5.39 Å². The number of fused-ring (bicyclic) bond motifs is 1. The number of hydrogen-bond acceptors (Lipinski definition) is 2. The Morgan fingerprint density at radius 1 is 1.16 bits per heavy atom. The van der Waals surface area contributed by atoms with Crippen molar-refractivity contribution >= 4 is 11.0 Å². The molecule has 19 heavy (non-hydrogen) atoms. The Bertz CT molecular complexity index is 468. The highest BCUT2D eigenvalue weighted by atomic mass is 16.3. The quantitative estimate of drug-likeness (QED) is 0.764. The van der Waals surface area contributed by atoms with E-state index >= 15 is 0 Å². The molecule has 0 spiro atoms. The first-order valence-corrected chi connectivity index (χ1v) is 7.42. The molecule has 0 saturated heterocycles. The van der Waals surface area contributed by atoms with Crippen molar-refractivity contribution in [3.05, 3.63) is 36.1 Å². The van der Waals surface area contributed by atoms with Crippen molar-refractivity contribution in [1.29, 1.82) is 0 Å². The molecule has 0 aliphatic rings. The summed E-state index contributed by atoms with van der Waals surface area (Å²) >= 11 is 0. The fraction of sp³-hybridized carbons (Fsp3) is 0.529. The zero-order valence-electron chi connectivity index (χ0n) is 12.3. The molecule has 0 aliphatic carbocycles. The van der Waals surface area contributed by atoms with Gasteiger partial charge in [0.05, 0.1) is 6.04 Å². The zero-order valence-corrected chi connectivity index (χ0v) is 12.3. The number of furan rings is 1. The van der Waals surface area contributed by atoms with Gasteiger partial charge in [0.25, 0.3) is 0 Å². The lowest BCUT2D eigenvalue weighted by molar-refractivity contribution is 0.382. The number of hydrogen-bond donors (Lipinski definition) is 1. The Balaban J connectivity index is 2.15. The van der Waals surface area contributed by atoms with E-state index in [0.29, 0.717) is 6.04 Å². The number of benzene rings is 1. The minimum atomic E-state index is 0.342. The molecule has 0 aliphatic heterocycles. The Hall–Kier alpha value is -1.28. The summed E-state index contributed by atoms with van der Waals surface area (Å²) in [5.41, 5.74) is 0.991. The van der Waals surface area contributed by atoms with E-state index in [2.05, 4.69) is 44.3 Å². The Morgan fingerprint density at radius 2 is 1.95 bits per heavy atom. The molecule has 2 heteroatoms. The highest BCUT2D eigenvalue weighted by Gasteiger charge is 2.15. The van der Waals surface area contributed by atoms with Gasteiger partial charge in [-0.15, -0.1) is 0 Å². The van der Waals surface area contributed by atoms with Crippen LogP contribution in [-0.4, -0.2) is 6.54 Å². The van der Waals surface area contributed by atoms with Gasteiger partial charge < -0.3 is 9.73 Å². The van der Waals surface area contributed by atoms with Gasteiger partial charge in [-0.2, -0.15) is 0 Å². The fourth-order valence-electron chi connectivity index (χ4n) is 2.34. The molecule has 1 heterocycles. The molecular weight excluding hydrogens is 234 g/mol. The van der Waals surface area contributed by atoms with E-state index in [1.54, 1.807) is 0 Å². The summed E-state index contributed by atoms with van der Waals surface area (Å²) in [4.78, 5) is 0. The monoisotopic (exact) mass is 259 g/mol. The molecule has 1 N–H and O–H groups in total. The molecule has 0 saturated carbocycles. The molecule has 0 radical (unpaired) electrons. The summed E-state index contributed by atoms with van der Waals surface area (Å²) in [6.07, 6.45) is 3.51. The predicted octanol–water partition coefficient (Wildman–Crippen LogP) is 4.91. The third-order valence-electron chi connectivity index (χ3n) is 3.46. The lowest BCUT2D eigenvalue weighted by atomic mass is 10.0. The van der Waals surface area contributed by atoms with Gasteiger partial charge in [-0.3, -0.25) is 0 Å². The summed E-state index contributed by atoms with van der Waals surface area (Å²) in [5, 5.41) is 4.81. The van der Waals surface area contributed by atoms with Crippen molar-refractivity contribution in [1.82, 2.24) is 5.32 Å². The Morgan fingerprint density at radius 3 is 2.63 bits per heavy atom. The zero-order chi connectivity index (χ0) is 13.7. The maximum Gasteiger partial charge on any atom is 0.134 e. The van der Waals surface area contributed by atoms with Crippen LogP contribution < -0.4 is 5.32 Å². The van der Waals surface area contributed by atoms with Crippen LogP contribution in [0.2, 0.25) is 0 Å². The molecular formula is C17H25NO. The smallest absolute Gasteiger partial charge is 0.134 e. The lowest BCUT2D eigenvalue weighted by Gasteiger charge is -2.17. The van der Waals surface area contributed by atoms with E-state index in [0.717, 1.165) is 36.6 Å². The molecule has 2 rings (SSSR count). The molecule has 1 aromatic carbocycles. The fourth-order valence-corrected chi connectivity index (χ4v) is 2.34. The maximum absolute atomic E-state index is 6.00. The number of para-hydroxylation sites is 1. The number of rotatable bonds is 7. The minimum Gasteiger partial charge on any atom is -0.459 e. The summed E-state index contributed by atoms with van der Waals surface area (Å²) in [7, 11) is 0. The first-order valence-electron chi connectivity index (χ1n) is 7.42. The number of nitrogens with one attached hydrogen (secondary N) is 1. The largest absolute Gasteiger partial charge is 0.459 e.